The molecule has 0 aromatic carbocycles. The average Bonchev–Trinajstić information content (AvgIpc) is 2.84. The molecule has 10 nitrogen and oxygen atoms in total. The molecule has 1 saturated heterocycles. The van der Waals surface area contributed by atoms with Crippen LogP contribution >= 0.6 is 0 Å². The molecule has 1 aromatic heterocycles. The number of hydrogen-bond acceptors (Lipinski definition) is 6. The molecule has 2 heterocycles. The van der Waals surface area contributed by atoms with Crippen LogP contribution < -0.4 is 11.2 Å². The van der Waals surface area contributed by atoms with E-state index in [2.05, 4.69) is 15.0 Å². The molecule has 1 aliphatic heterocycles. The molecule has 2 rings (SSSR count). The van der Waals surface area contributed by atoms with Crippen molar-refractivity contribution in [3.05, 3.63) is 43.0 Å². The smallest absolute Gasteiger partial charge is 0.330 e. The van der Waals surface area contributed by atoms with Crippen molar-refractivity contribution in [2.24, 2.45) is 5.11 Å². The van der Waals surface area contributed by atoms with Crippen LogP contribution in [0.5, 0.6) is 0 Å². The fraction of sp³-hybridized carbons (Fsp3) is 0.583. The van der Waals surface area contributed by atoms with Crippen molar-refractivity contribution >= 4 is 5.97 Å². The van der Waals surface area contributed by atoms with E-state index in [-0.39, 0.29) is 13.0 Å². The van der Waals surface area contributed by atoms with Crippen LogP contribution in [-0.2, 0) is 14.3 Å². The van der Waals surface area contributed by atoms with E-state index in [0.717, 1.165) is 0 Å². The van der Waals surface area contributed by atoms with Crippen molar-refractivity contribution in [3.8, 4) is 0 Å². The molecule has 0 spiro atoms. The van der Waals surface area contributed by atoms with Crippen LogP contribution in [-0.4, -0.2) is 34.3 Å². The Balaban J connectivity index is 2.25. The van der Waals surface area contributed by atoms with Gasteiger partial charge in [0, 0.05) is 30.0 Å². The molecule has 1 N–H and O–H groups in total. The van der Waals surface area contributed by atoms with E-state index < -0.39 is 35.6 Å². The lowest BCUT2D eigenvalue weighted by molar-refractivity contribution is -0.146. The van der Waals surface area contributed by atoms with Gasteiger partial charge in [-0.3, -0.25) is 19.1 Å². The number of nitrogens with one attached hydrogen (secondary N) is 1. The third kappa shape index (κ3) is 3.35. The van der Waals surface area contributed by atoms with Crippen LogP contribution in [0.1, 0.15) is 25.1 Å². The van der Waals surface area contributed by atoms with Gasteiger partial charge in [-0.05, 0) is 12.5 Å². The quantitative estimate of drug-likeness (QED) is 0.370. The second-order valence-electron chi connectivity index (χ2n) is 4.92. The average molecular weight is 309 g/mol. The summed E-state index contributed by atoms with van der Waals surface area (Å²) in [4.78, 5) is 39.0. The number of esters is 1. The lowest BCUT2D eigenvalue weighted by Gasteiger charge is -2.16. The van der Waals surface area contributed by atoms with Gasteiger partial charge in [-0.2, -0.15) is 0 Å². The number of rotatable bonds is 4. The Kier molecular flexibility index (Phi) is 4.64. The molecule has 0 radical (unpaired) electrons. The monoisotopic (exact) mass is 309 g/mol. The zero-order chi connectivity index (χ0) is 16.3. The number of aromatic nitrogens is 2. The van der Waals surface area contributed by atoms with E-state index in [9.17, 15) is 14.4 Å². The van der Waals surface area contributed by atoms with Gasteiger partial charge >= 0.3 is 11.7 Å². The van der Waals surface area contributed by atoms with Crippen LogP contribution in [0.2, 0.25) is 0 Å². The Morgan fingerprint density at radius 2 is 2.36 bits per heavy atom. The van der Waals surface area contributed by atoms with Crippen LogP contribution in [0.25, 0.3) is 10.4 Å². The summed E-state index contributed by atoms with van der Waals surface area (Å²) < 4.78 is 11.7. The van der Waals surface area contributed by atoms with E-state index in [4.69, 9.17) is 15.0 Å². The molecule has 0 saturated carbocycles. The number of aromatic amines is 1. The summed E-state index contributed by atoms with van der Waals surface area (Å²) in [5.74, 6) is -0.483. The predicted molar refractivity (Wildman–Crippen MR) is 74.2 cm³/mol. The summed E-state index contributed by atoms with van der Waals surface area (Å²) in [5.41, 5.74) is 7.86. The van der Waals surface area contributed by atoms with E-state index in [0.29, 0.717) is 5.56 Å². The molecule has 0 bridgehead atoms. The van der Waals surface area contributed by atoms with E-state index in [1.807, 2.05) is 0 Å². The Morgan fingerprint density at radius 1 is 1.64 bits per heavy atom. The molecule has 22 heavy (non-hydrogen) atoms. The summed E-state index contributed by atoms with van der Waals surface area (Å²) in [6.45, 7) is 2.74. The van der Waals surface area contributed by atoms with Gasteiger partial charge in [0.2, 0.25) is 0 Å². The summed E-state index contributed by atoms with van der Waals surface area (Å²) in [7, 11) is 0. The highest BCUT2D eigenvalue weighted by molar-refractivity contribution is 5.65. The maximum Gasteiger partial charge on any atom is 0.330 e. The first kappa shape index (κ1) is 15.8. The molecule has 1 aliphatic rings. The number of nitrogens with zero attached hydrogens (tertiary/aromatic N) is 4. The van der Waals surface area contributed by atoms with Gasteiger partial charge in [0.1, 0.15) is 18.9 Å². The molecule has 0 amide bonds. The van der Waals surface area contributed by atoms with Crippen LogP contribution in [0, 0.1) is 6.92 Å². The van der Waals surface area contributed by atoms with Gasteiger partial charge in [0.25, 0.3) is 5.56 Å². The highest BCUT2D eigenvalue weighted by atomic mass is 16.6. The van der Waals surface area contributed by atoms with Gasteiger partial charge in [-0.1, -0.05) is 5.11 Å². The van der Waals surface area contributed by atoms with Crippen molar-refractivity contribution in [1.29, 1.82) is 0 Å². The number of azide groups is 1. The highest BCUT2D eigenvalue weighted by Crippen LogP contribution is 2.30. The number of H-pyrrole nitrogens is 1. The van der Waals surface area contributed by atoms with Crippen LogP contribution in [0.3, 0.4) is 0 Å². The summed E-state index contributed by atoms with van der Waals surface area (Å²) in [5, 5.41) is 3.61. The molecule has 0 unspecified atom stereocenters. The Labute approximate surface area is 124 Å². The Bertz CT molecular complexity index is 732. The first-order valence-electron chi connectivity index (χ1n) is 6.57. The minimum Gasteiger partial charge on any atom is -0.463 e. The normalized spacial score (nSPS) is 23.8. The van der Waals surface area contributed by atoms with Crippen molar-refractivity contribution in [2.45, 2.75) is 38.6 Å². The molecule has 118 valence electrons. The number of hydrogen-bond donors (Lipinski definition) is 1. The molecular formula is C12H15N5O5. The largest absolute Gasteiger partial charge is 0.463 e. The maximum absolute atomic E-state index is 11.9. The van der Waals surface area contributed by atoms with E-state index in [1.54, 1.807) is 6.92 Å². The Hall–Kier alpha value is -2.58. The molecule has 1 fully saturated rings. The number of carbonyl (C=O) groups is 1. The van der Waals surface area contributed by atoms with Crippen molar-refractivity contribution in [1.82, 2.24) is 9.55 Å². The maximum atomic E-state index is 11.9. The third-order valence-electron chi connectivity index (χ3n) is 3.31. The lowest BCUT2D eigenvalue weighted by atomic mass is 10.1. The minimum absolute atomic E-state index is 0.0768. The van der Waals surface area contributed by atoms with Gasteiger partial charge in [0.15, 0.2) is 0 Å². The van der Waals surface area contributed by atoms with Crippen molar-refractivity contribution < 1.29 is 14.3 Å². The second kappa shape index (κ2) is 6.46. The van der Waals surface area contributed by atoms with Gasteiger partial charge in [0.05, 0.1) is 6.04 Å². The molecule has 0 aliphatic carbocycles. The fourth-order valence-corrected chi connectivity index (χ4v) is 2.22. The first-order chi connectivity index (χ1) is 10.4. The molecule has 3 atom stereocenters. The van der Waals surface area contributed by atoms with Crippen LogP contribution in [0.15, 0.2) is 20.9 Å². The first-order valence-corrected chi connectivity index (χ1v) is 6.57. The third-order valence-corrected chi connectivity index (χ3v) is 3.31. The van der Waals surface area contributed by atoms with E-state index >= 15 is 0 Å². The topological polar surface area (TPSA) is 139 Å². The molecular weight excluding hydrogens is 294 g/mol. The SMILES string of the molecule is CC(=O)OC[C@H]1O[C@H](n2cc(C)c(=O)[nH]c2=O)C[C@@H]1N=[N+]=[N-]. The number of aryl methyl sites for hydroxylation is 1. The molecule has 1 aromatic rings. The number of ether oxygens (including phenoxy) is 2. The van der Waals surface area contributed by atoms with Crippen LogP contribution in [0.4, 0.5) is 0 Å². The van der Waals surface area contributed by atoms with E-state index in [1.165, 1.54) is 17.7 Å². The zero-order valence-electron chi connectivity index (χ0n) is 12.1. The van der Waals surface area contributed by atoms with Crippen molar-refractivity contribution in [3.63, 3.8) is 0 Å². The fourth-order valence-electron chi connectivity index (χ4n) is 2.22. The van der Waals surface area contributed by atoms with Gasteiger partial charge in [-0.25, -0.2) is 4.79 Å². The summed E-state index contributed by atoms with van der Waals surface area (Å²) >= 11 is 0. The van der Waals surface area contributed by atoms with Crippen molar-refractivity contribution in [2.75, 3.05) is 6.61 Å². The second-order valence-corrected chi connectivity index (χ2v) is 4.92. The predicted octanol–water partition coefficient (Wildman–Crippen LogP) is 0.375. The summed E-state index contributed by atoms with van der Waals surface area (Å²) in [6, 6.07) is -0.575. The lowest BCUT2D eigenvalue weighted by Crippen LogP contribution is -2.33. The Morgan fingerprint density at radius 3 is 3.00 bits per heavy atom. The standard InChI is InChI=1S/C12H15N5O5/c1-6-4-17(12(20)14-11(6)19)10-3-8(15-16-13)9(22-10)5-21-7(2)18/h4,8-10H,3,5H2,1-2H3,(H,14,19,20)/t8-,9+,10-/m0/s1. The van der Waals surface area contributed by atoms with Gasteiger partial charge in [-0.15, -0.1) is 0 Å². The zero-order valence-corrected chi connectivity index (χ0v) is 12.1. The number of carbonyl (C=O) groups excluding carboxylic acids is 1. The minimum atomic E-state index is -0.709. The highest BCUT2D eigenvalue weighted by Gasteiger charge is 2.36. The summed E-state index contributed by atoms with van der Waals surface area (Å²) in [6.07, 6.45) is 0.261. The molecule has 10 heteroatoms. The van der Waals surface area contributed by atoms with Gasteiger partial charge < -0.3 is 9.47 Å².